The molecule has 5 heteroatoms. The molecule has 0 aromatic carbocycles. The lowest BCUT2D eigenvalue weighted by atomic mass is 9.96. The summed E-state index contributed by atoms with van der Waals surface area (Å²) in [5.74, 6) is -0.767. The Morgan fingerprint density at radius 1 is 1.50 bits per heavy atom. The Kier molecular flexibility index (Phi) is 5.56. The SMILES string of the molecule is CNC(C)(CCCN1CCN(C)CC1C)C(=O)O. The maximum absolute atomic E-state index is 11.2. The van der Waals surface area contributed by atoms with Crippen molar-refractivity contribution in [2.45, 2.75) is 38.3 Å². The third-order valence-corrected chi connectivity index (χ3v) is 4.11. The molecule has 0 spiro atoms. The molecule has 0 amide bonds. The van der Waals surface area contributed by atoms with Gasteiger partial charge in [-0.15, -0.1) is 0 Å². The van der Waals surface area contributed by atoms with Crippen LogP contribution in [-0.2, 0) is 4.79 Å². The topological polar surface area (TPSA) is 55.8 Å². The number of rotatable bonds is 6. The monoisotopic (exact) mass is 257 g/mol. The summed E-state index contributed by atoms with van der Waals surface area (Å²) in [4.78, 5) is 16.0. The Morgan fingerprint density at radius 3 is 2.67 bits per heavy atom. The highest BCUT2D eigenvalue weighted by atomic mass is 16.4. The van der Waals surface area contributed by atoms with Gasteiger partial charge in [0.2, 0.25) is 0 Å². The number of hydrogen-bond acceptors (Lipinski definition) is 4. The fourth-order valence-electron chi connectivity index (χ4n) is 2.48. The predicted octanol–water partition coefficient (Wildman–Crippen LogP) is 0.465. The van der Waals surface area contributed by atoms with Crippen molar-refractivity contribution >= 4 is 5.97 Å². The van der Waals surface area contributed by atoms with Crippen LogP contribution in [0.4, 0.5) is 0 Å². The van der Waals surface area contributed by atoms with E-state index in [4.69, 9.17) is 0 Å². The van der Waals surface area contributed by atoms with E-state index in [0.29, 0.717) is 12.5 Å². The Morgan fingerprint density at radius 2 is 2.17 bits per heavy atom. The molecule has 1 heterocycles. The molecule has 0 aromatic rings. The zero-order valence-electron chi connectivity index (χ0n) is 12.1. The molecule has 0 bridgehead atoms. The van der Waals surface area contributed by atoms with Gasteiger partial charge in [0.1, 0.15) is 5.54 Å². The molecule has 1 aliphatic rings. The summed E-state index contributed by atoms with van der Waals surface area (Å²) in [5.41, 5.74) is -0.796. The Hall–Kier alpha value is -0.650. The van der Waals surface area contributed by atoms with E-state index in [1.807, 2.05) is 0 Å². The number of piperazine rings is 1. The zero-order chi connectivity index (χ0) is 13.8. The second kappa shape index (κ2) is 6.50. The van der Waals surface area contributed by atoms with Gasteiger partial charge >= 0.3 is 5.97 Å². The molecule has 2 atom stereocenters. The third-order valence-electron chi connectivity index (χ3n) is 4.11. The highest BCUT2D eigenvalue weighted by Crippen LogP contribution is 2.15. The second-order valence-electron chi connectivity index (χ2n) is 5.64. The lowest BCUT2D eigenvalue weighted by Gasteiger charge is -2.38. The minimum atomic E-state index is -0.796. The lowest BCUT2D eigenvalue weighted by Crippen LogP contribution is -2.51. The normalized spacial score (nSPS) is 25.9. The average molecular weight is 257 g/mol. The van der Waals surface area contributed by atoms with Crippen LogP contribution in [0.2, 0.25) is 0 Å². The van der Waals surface area contributed by atoms with E-state index in [2.05, 4.69) is 29.1 Å². The molecule has 106 valence electrons. The van der Waals surface area contributed by atoms with Crippen molar-refractivity contribution in [1.82, 2.24) is 15.1 Å². The highest BCUT2D eigenvalue weighted by Gasteiger charge is 2.31. The van der Waals surface area contributed by atoms with Crippen LogP contribution in [-0.4, -0.2) is 72.7 Å². The van der Waals surface area contributed by atoms with Crippen molar-refractivity contribution < 1.29 is 9.90 Å². The van der Waals surface area contributed by atoms with Crippen molar-refractivity contribution in [2.75, 3.05) is 40.3 Å². The van der Waals surface area contributed by atoms with Crippen molar-refractivity contribution in [3.63, 3.8) is 0 Å². The van der Waals surface area contributed by atoms with Crippen LogP contribution in [0.3, 0.4) is 0 Å². The maximum Gasteiger partial charge on any atom is 0.323 e. The van der Waals surface area contributed by atoms with E-state index in [0.717, 1.165) is 32.6 Å². The molecule has 0 aromatic heterocycles. The van der Waals surface area contributed by atoms with E-state index in [1.54, 1.807) is 14.0 Å². The molecule has 1 rings (SSSR count). The first-order valence-corrected chi connectivity index (χ1v) is 6.74. The summed E-state index contributed by atoms with van der Waals surface area (Å²) < 4.78 is 0. The van der Waals surface area contributed by atoms with Gasteiger partial charge < -0.3 is 15.3 Å². The summed E-state index contributed by atoms with van der Waals surface area (Å²) >= 11 is 0. The fraction of sp³-hybridized carbons (Fsp3) is 0.923. The molecular formula is C13H27N3O2. The molecule has 2 unspecified atom stereocenters. The molecule has 5 nitrogen and oxygen atoms in total. The van der Waals surface area contributed by atoms with E-state index >= 15 is 0 Å². The molecule has 1 fully saturated rings. The minimum Gasteiger partial charge on any atom is -0.480 e. The summed E-state index contributed by atoms with van der Waals surface area (Å²) in [6.07, 6.45) is 1.58. The van der Waals surface area contributed by atoms with Crippen molar-refractivity contribution in [2.24, 2.45) is 0 Å². The molecule has 0 saturated carbocycles. The van der Waals surface area contributed by atoms with E-state index < -0.39 is 11.5 Å². The number of hydrogen-bond donors (Lipinski definition) is 2. The number of carboxylic acid groups (broad SMARTS) is 1. The predicted molar refractivity (Wildman–Crippen MR) is 72.9 cm³/mol. The summed E-state index contributed by atoms with van der Waals surface area (Å²) in [6, 6.07) is 0.564. The summed E-state index contributed by atoms with van der Waals surface area (Å²) in [5, 5.41) is 12.1. The van der Waals surface area contributed by atoms with E-state index in [-0.39, 0.29) is 0 Å². The Labute approximate surface area is 110 Å². The van der Waals surface area contributed by atoms with Gasteiger partial charge in [-0.3, -0.25) is 9.69 Å². The number of nitrogens with zero attached hydrogens (tertiary/aromatic N) is 2. The van der Waals surface area contributed by atoms with Crippen molar-refractivity contribution in [3.8, 4) is 0 Å². The Balaban J connectivity index is 2.35. The van der Waals surface area contributed by atoms with Crippen LogP contribution < -0.4 is 5.32 Å². The molecule has 1 saturated heterocycles. The standard InChI is InChI=1S/C13H27N3O2/c1-11-10-15(4)8-9-16(11)7-5-6-13(2,14-3)12(17)18/h11,14H,5-10H2,1-4H3,(H,17,18). The van der Waals surface area contributed by atoms with Gasteiger partial charge in [0.15, 0.2) is 0 Å². The largest absolute Gasteiger partial charge is 0.480 e. The van der Waals surface area contributed by atoms with E-state index in [1.165, 1.54) is 0 Å². The lowest BCUT2D eigenvalue weighted by molar-refractivity contribution is -0.144. The van der Waals surface area contributed by atoms with Gasteiger partial charge in [-0.2, -0.15) is 0 Å². The third kappa shape index (κ3) is 3.93. The number of carboxylic acids is 1. The summed E-state index contributed by atoms with van der Waals surface area (Å²) in [7, 11) is 3.86. The van der Waals surface area contributed by atoms with Gasteiger partial charge in [0, 0.05) is 25.7 Å². The van der Waals surface area contributed by atoms with Crippen molar-refractivity contribution in [1.29, 1.82) is 0 Å². The molecule has 2 N–H and O–H groups in total. The van der Waals surface area contributed by atoms with Crippen LogP contribution in [0.15, 0.2) is 0 Å². The molecule has 0 aliphatic carbocycles. The first-order chi connectivity index (χ1) is 8.39. The first-order valence-electron chi connectivity index (χ1n) is 6.74. The average Bonchev–Trinajstić information content (AvgIpc) is 2.31. The van der Waals surface area contributed by atoms with Gasteiger partial charge in [-0.25, -0.2) is 0 Å². The molecule has 18 heavy (non-hydrogen) atoms. The first kappa shape index (κ1) is 15.4. The van der Waals surface area contributed by atoms with E-state index in [9.17, 15) is 9.90 Å². The van der Waals surface area contributed by atoms with Gasteiger partial charge in [0.25, 0.3) is 0 Å². The minimum absolute atomic E-state index is 0.564. The summed E-state index contributed by atoms with van der Waals surface area (Å²) in [6.45, 7) is 8.27. The zero-order valence-corrected chi connectivity index (χ0v) is 12.1. The molecule has 0 radical (unpaired) electrons. The highest BCUT2D eigenvalue weighted by molar-refractivity contribution is 5.78. The smallest absolute Gasteiger partial charge is 0.323 e. The quantitative estimate of drug-likeness (QED) is 0.724. The number of nitrogens with one attached hydrogen (secondary N) is 1. The second-order valence-corrected chi connectivity index (χ2v) is 5.64. The number of aliphatic carboxylic acids is 1. The van der Waals surface area contributed by atoms with Crippen LogP contribution in [0, 0.1) is 0 Å². The van der Waals surface area contributed by atoms with Crippen LogP contribution >= 0.6 is 0 Å². The molecule has 1 aliphatic heterocycles. The van der Waals surface area contributed by atoms with Crippen molar-refractivity contribution in [3.05, 3.63) is 0 Å². The molecular weight excluding hydrogens is 230 g/mol. The van der Waals surface area contributed by atoms with Gasteiger partial charge in [0.05, 0.1) is 0 Å². The van der Waals surface area contributed by atoms with Gasteiger partial charge in [-0.05, 0) is 47.3 Å². The van der Waals surface area contributed by atoms with Crippen LogP contribution in [0.25, 0.3) is 0 Å². The van der Waals surface area contributed by atoms with Gasteiger partial charge in [-0.1, -0.05) is 0 Å². The van der Waals surface area contributed by atoms with Crippen LogP contribution in [0.1, 0.15) is 26.7 Å². The Bertz CT molecular complexity index is 285. The van der Waals surface area contributed by atoms with Crippen LogP contribution in [0.5, 0.6) is 0 Å². The number of likely N-dealkylation sites (N-methyl/N-ethyl adjacent to an activating group) is 2. The maximum atomic E-state index is 11.2. The fourth-order valence-corrected chi connectivity index (χ4v) is 2.48. The number of carbonyl (C=O) groups is 1.